The van der Waals surface area contributed by atoms with Gasteiger partial charge in [0.1, 0.15) is 5.69 Å². The Hall–Kier alpha value is -1.10. The Morgan fingerprint density at radius 2 is 2.46 bits per heavy atom. The van der Waals surface area contributed by atoms with Crippen molar-refractivity contribution in [1.29, 1.82) is 0 Å². The Bertz CT molecular complexity index is 407. The minimum absolute atomic E-state index is 0.703. The van der Waals surface area contributed by atoms with Crippen molar-refractivity contribution >= 4 is 15.9 Å². The second-order valence-electron chi connectivity index (χ2n) is 2.66. The molecule has 0 saturated heterocycles. The van der Waals surface area contributed by atoms with Gasteiger partial charge in [-0.15, -0.1) is 0 Å². The van der Waals surface area contributed by atoms with Crippen molar-refractivity contribution in [3.8, 4) is 11.5 Å². The number of rotatable bonds is 2. The van der Waals surface area contributed by atoms with E-state index in [2.05, 4.69) is 26.2 Å². The molecule has 0 aliphatic rings. The van der Waals surface area contributed by atoms with Crippen LogP contribution in [0, 0.1) is 0 Å². The van der Waals surface area contributed by atoms with E-state index in [4.69, 9.17) is 4.52 Å². The Kier molecular flexibility index (Phi) is 2.18. The van der Waals surface area contributed by atoms with Crippen LogP contribution >= 0.6 is 15.9 Å². The highest BCUT2D eigenvalue weighted by Crippen LogP contribution is 2.19. The molecule has 2 rings (SSSR count). The van der Waals surface area contributed by atoms with E-state index in [1.807, 2.05) is 19.2 Å². The fourth-order valence-electron chi connectivity index (χ4n) is 1.11. The minimum atomic E-state index is 0.703. The molecule has 2 aromatic heterocycles. The van der Waals surface area contributed by atoms with E-state index in [1.54, 1.807) is 10.9 Å². The van der Waals surface area contributed by atoms with Crippen molar-refractivity contribution in [3.63, 3.8) is 0 Å². The van der Waals surface area contributed by atoms with Gasteiger partial charge in [-0.1, -0.05) is 21.1 Å². The molecule has 0 unspecified atom stereocenters. The topological polar surface area (TPSA) is 43.9 Å². The van der Waals surface area contributed by atoms with Crippen LogP contribution < -0.4 is 0 Å². The molecule has 0 fully saturated rings. The van der Waals surface area contributed by atoms with Gasteiger partial charge in [-0.25, -0.2) is 0 Å². The molecule has 0 bridgehead atoms. The number of alkyl halides is 1. The molecule has 5 heteroatoms. The number of hydrogen-bond donors (Lipinski definition) is 0. The maximum absolute atomic E-state index is 5.14. The van der Waals surface area contributed by atoms with Gasteiger partial charge in [0.05, 0.1) is 5.69 Å². The van der Waals surface area contributed by atoms with E-state index in [0.717, 1.165) is 17.1 Å². The third kappa shape index (κ3) is 1.51. The smallest absolute Gasteiger partial charge is 0.185 e. The van der Waals surface area contributed by atoms with E-state index < -0.39 is 0 Å². The van der Waals surface area contributed by atoms with E-state index >= 15 is 0 Å². The molecule has 2 heterocycles. The van der Waals surface area contributed by atoms with Crippen LogP contribution in [-0.4, -0.2) is 14.9 Å². The molecule has 68 valence electrons. The lowest BCUT2D eigenvalue weighted by Crippen LogP contribution is -1.91. The summed E-state index contributed by atoms with van der Waals surface area (Å²) in [6.07, 6.45) is 1.73. The van der Waals surface area contributed by atoms with E-state index in [9.17, 15) is 0 Å². The number of hydrogen-bond acceptors (Lipinski definition) is 3. The summed E-state index contributed by atoms with van der Waals surface area (Å²) in [5.41, 5.74) is 1.82. The zero-order valence-electron chi connectivity index (χ0n) is 7.07. The van der Waals surface area contributed by atoms with Gasteiger partial charge < -0.3 is 4.52 Å². The van der Waals surface area contributed by atoms with Gasteiger partial charge >= 0.3 is 0 Å². The molecule has 0 aliphatic heterocycles. The molecule has 2 aromatic rings. The first kappa shape index (κ1) is 8.50. The molecule has 0 aliphatic carbocycles. The van der Waals surface area contributed by atoms with Gasteiger partial charge in [0.2, 0.25) is 0 Å². The molecule has 0 N–H and O–H groups in total. The summed E-state index contributed by atoms with van der Waals surface area (Å²) in [6.45, 7) is 0. The molecule has 0 amide bonds. The van der Waals surface area contributed by atoms with Crippen molar-refractivity contribution in [3.05, 3.63) is 24.0 Å². The van der Waals surface area contributed by atoms with Gasteiger partial charge in [0.25, 0.3) is 0 Å². The van der Waals surface area contributed by atoms with Crippen LogP contribution in [0.3, 0.4) is 0 Å². The fourth-order valence-corrected chi connectivity index (χ4v) is 1.38. The first-order chi connectivity index (χ1) is 6.31. The predicted octanol–water partition coefficient (Wildman–Crippen LogP) is 1.97. The summed E-state index contributed by atoms with van der Waals surface area (Å²) in [6, 6.07) is 3.78. The first-order valence-electron chi connectivity index (χ1n) is 3.81. The Morgan fingerprint density at radius 1 is 1.62 bits per heavy atom. The lowest BCUT2D eigenvalue weighted by molar-refractivity contribution is 0.423. The molecule has 0 saturated carbocycles. The molecule has 13 heavy (non-hydrogen) atoms. The summed E-state index contributed by atoms with van der Waals surface area (Å²) in [4.78, 5) is 0. The lowest BCUT2D eigenvalue weighted by atomic mass is 10.3. The number of aromatic nitrogens is 3. The third-order valence-electron chi connectivity index (χ3n) is 1.77. The largest absolute Gasteiger partial charge is 0.354 e. The van der Waals surface area contributed by atoms with Crippen molar-refractivity contribution < 1.29 is 4.52 Å². The fraction of sp³-hybridized carbons (Fsp3) is 0.250. The van der Waals surface area contributed by atoms with Crippen molar-refractivity contribution in [1.82, 2.24) is 14.9 Å². The summed E-state index contributed by atoms with van der Waals surface area (Å²) < 4.78 is 6.89. The van der Waals surface area contributed by atoms with Gasteiger partial charge in [0, 0.05) is 24.6 Å². The first-order valence-corrected chi connectivity index (χ1v) is 4.93. The highest BCUT2D eigenvalue weighted by atomic mass is 79.9. The summed E-state index contributed by atoms with van der Waals surface area (Å²) in [7, 11) is 1.87. The molecule has 0 atom stereocenters. The lowest BCUT2D eigenvalue weighted by Gasteiger charge is -1.93. The van der Waals surface area contributed by atoms with E-state index in [1.165, 1.54) is 0 Å². The second-order valence-corrected chi connectivity index (χ2v) is 3.22. The van der Waals surface area contributed by atoms with Gasteiger partial charge in [-0.2, -0.15) is 5.10 Å². The van der Waals surface area contributed by atoms with Gasteiger partial charge in [-0.3, -0.25) is 4.68 Å². The highest BCUT2D eigenvalue weighted by Gasteiger charge is 2.08. The second kappa shape index (κ2) is 3.33. The third-order valence-corrected chi connectivity index (χ3v) is 2.34. The number of nitrogens with zero attached hydrogens (tertiary/aromatic N) is 3. The average molecular weight is 242 g/mol. The van der Waals surface area contributed by atoms with Crippen LogP contribution in [0.4, 0.5) is 0 Å². The van der Waals surface area contributed by atoms with Crippen molar-refractivity contribution in [2.75, 3.05) is 0 Å². The summed E-state index contributed by atoms with van der Waals surface area (Å²) in [5.74, 6) is 0.745. The van der Waals surface area contributed by atoms with Crippen LogP contribution in [0.2, 0.25) is 0 Å². The van der Waals surface area contributed by atoms with Crippen LogP contribution in [0.5, 0.6) is 0 Å². The average Bonchev–Trinajstić information content (AvgIpc) is 2.71. The SMILES string of the molecule is Cn1nccc1-c1cc(CBr)no1. The molecular weight excluding hydrogens is 234 g/mol. The summed E-state index contributed by atoms with van der Waals surface area (Å²) in [5, 5.41) is 8.62. The maximum atomic E-state index is 5.14. The van der Waals surface area contributed by atoms with Crippen molar-refractivity contribution in [2.24, 2.45) is 7.05 Å². The van der Waals surface area contributed by atoms with E-state index in [0.29, 0.717) is 5.33 Å². The van der Waals surface area contributed by atoms with Gasteiger partial charge in [0.15, 0.2) is 5.76 Å². The van der Waals surface area contributed by atoms with Crippen LogP contribution in [0.1, 0.15) is 5.69 Å². The Morgan fingerprint density at radius 3 is 3.00 bits per heavy atom. The minimum Gasteiger partial charge on any atom is -0.354 e. The molecule has 4 nitrogen and oxygen atoms in total. The predicted molar refractivity (Wildman–Crippen MR) is 51.3 cm³/mol. The Balaban J connectivity index is 2.41. The number of halogens is 1. The number of aryl methyl sites for hydroxylation is 1. The maximum Gasteiger partial charge on any atom is 0.185 e. The zero-order chi connectivity index (χ0) is 9.26. The zero-order valence-corrected chi connectivity index (χ0v) is 8.65. The van der Waals surface area contributed by atoms with Crippen LogP contribution in [0.15, 0.2) is 22.9 Å². The Labute approximate surface area is 83.7 Å². The van der Waals surface area contributed by atoms with Gasteiger partial charge in [-0.05, 0) is 6.07 Å². The van der Waals surface area contributed by atoms with Crippen molar-refractivity contribution in [2.45, 2.75) is 5.33 Å². The molecule has 0 radical (unpaired) electrons. The summed E-state index contributed by atoms with van der Waals surface area (Å²) >= 11 is 3.31. The van der Waals surface area contributed by atoms with Crippen LogP contribution in [-0.2, 0) is 12.4 Å². The quantitative estimate of drug-likeness (QED) is 0.756. The molecule has 0 aromatic carbocycles. The molecule has 0 spiro atoms. The normalized spacial score (nSPS) is 10.6. The van der Waals surface area contributed by atoms with Crippen LogP contribution in [0.25, 0.3) is 11.5 Å². The monoisotopic (exact) mass is 241 g/mol. The molecular formula is C8H8BrN3O. The van der Waals surface area contributed by atoms with E-state index in [-0.39, 0.29) is 0 Å². The highest BCUT2D eigenvalue weighted by molar-refractivity contribution is 9.08. The standard InChI is InChI=1S/C8H8BrN3O/c1-12-7(2-3-10-12)8-4-6(5-9)11-13-8/h2-4H,5H2,1H3.